The Morgan fingerprint density at radius 1 is 1.09 bits per heavy atom. The third kappa shape index (κ3) is 3.42. The van der Waals surface area contributed by atoms with E-state index in [-0.39, 0.29) is 17.7 Å². The van der Waals surface area contributed by atoms with Crippen molar-refractivity contribution in [2.45, 2.75) is 25.3 Å². The number of hydrogen-bond acceptors (Lipinski definition) is 2. The Morgan fingerprint density at radius 2 is 1.74 bits per heavy atom. The van der Waals surface area contributed by atoms with E-state index in [1.54, 1.807) is 24.3 Å². The summed E-state index contributed by atoms with van der Waals surface area (Å²) < 4.78 is 0. The van der Waals surface area contributed by atoms with Gasteiger partial charge in [0.15, 0.2) is 6.04 Å². The minimum Gasteiger partial charge on any atom is -0.479 e. The summed E-state index contributed by atoms with van der Waals surface area (Å²) in [5.74, 6) is -1.17. The minimum absolute atomic E-state index is 0.136. The topological polar surface area (TPSA) is 66.4 Å². The highest BCUT2D eigenvalue weighted by Gasteiger charge is 2.44. The van der Waals surface area contributed by atoms with E-state index in [2.05, 4.69) is 5.32 Å². The number of nitrogens with one attached hydrogen (secondary N) is 1. The Morgan fingerprint density at radius 3 is 2.35 bits per heavy atom. The Balaban J connectivity index is 1.67. The molecule has 118 valence electrons. The van der Waals surface area contributed by atoms with Gasteiger partial charge in [-0.1, -0.05) is 60.2 Å². The molecule has 0 heterocycles. The number of carboxylic acids is 1. The van der Waals surface area contributed by atoms with Gasteiger partial charge in [0.2, 0.25) is 5.91 Å². The van der Waals surface area contributed by atoms with Gasteiger partial charge in [0.1, 0.15) is 0 Å². The minimum atomic E-state index is -1.04. The van der Waals surface area contributed by atoms with Gasteiger partial charge in [-0.15, -0.1) is 0 Å². The van der Waals surface area contributed by atoms with Crippen LogP contribution in [0.5, 0.6) is 0 Å². The predicted molar refractivity (Wildman–Crippen MR) is 87.0 cm³/mol. The van der Waals surface area contributed by atoms with E-state index in [1.165, 1.54) is 5.56 Å². The predicted octanol–water partition coefficient (Wildman–Crippen LogP) is 3.04. The number of carbonyl (C=O) groups is 2. The third-order valence-electron chi connectivity index (χ3n) is 4.30. The molecule has 2 aromatic rings. The molecule has 0 aliphatic heterocycles. The molecule has 3 rings (SSSR count). The van der Waals surface area contributed by atoms with Crippen LogP contribution in [-0.2, 0) is 9.59 Å². The van der Waals surface area contributed by atoms with Crippen LogP contribution in [0.1, 0.15) is 35.1 Å². The second kappa shape index (κ2) is 6.24. The molecule has 4 heteroatoms. The summed E-state index contributed by atoms with van der Waals surface area (Å²) in [6, 6.07) is 15.9. The molecular weight excluding hydrogens is 290 g/mol. The van der Waals surface area contributed by atoms with Gasteiger partial charge in [-0.25, -0.2) is 4.79 Å². The van der Waals surface area contributed by atoms with Crippen molar-refractivity contribution in [3.8, 4) is 0 Å². The molecule has 0 saturated heterocycles. The summed E-state index contributed by atoms with van der Waals surface area (Å²) in [5, 5.41) is 12.0. The van der Waals surface area contributed by atoms with Crippen LogP contribution in [0.25, 0.3) is 0 Å². The highest BCUT2D eigenvalue weighted by Crippen LogP contribution is 2.47. The Labute approximate surface area is 135 Å². The van der Waals surface area contributed by atoms with Crippen molar-refractivity contribution < 1.29 is 14.7 Å². The molecular formula is C19H19NO3. The summed E-state index contributed by atoms with van der Waals surface area (Å²) in [6.45, 7) is 2.03. The first-order chi connectivity index (χ1) is 11.1. The molecule has 3 atom stereocenters. The first-order valence-corrected chi connectivity index (χ1v) is 7.71. The van der Waals surface area contributed by atoms with Crippen LogP contribution in [0.4, 0.5) is 0 Å². The number of rotatable bonds is 5. The molecule has 4 nitrogen and oxygen atoms in total. The second-order valence-electron chi connectivity index (χ2n) is 6.05. The fraction of sp³-hybridized carbons (Fsp3) is 0.263. The molecule has 0 spiro atoms. The maximum Gasteiger partial charge on any atom is 0.330 e. The summed E-state index contributed by atoms with van der Waals surface area (Å²) in [6.07, 6.45) is 0.774. The van der Waals surface area contributed by atoms with Gasteiger partial charge in [0.05, 0.1) is 0 Å². The number of aryl methyl sites for hydroxylation is 1. The number of amides is 1. The zero-order valence-corrected chi connectivity index (χ0v) is 12.9. The number of hydrogen-bond donors (Lipinski definition) is 2. The number of benzene rings is 2. The quantitative estimate of drug-likeness (QED) is 0.892. The number of carbonyl (C=O) groups excluding carboxylic acids is 1. The van der Waals surface area contributed by atoms with E-state index < -0.39 is 12.0 Å². The lowest BCUT2D eigenvalue weighted by atomic mass is 10.1. The van der Waals surface area contributed by atoms with E-state index in [1.807, 2.05) is 37.3 Å². The van der Waals surface area contributed by atoms with Crippen molar-refractivity contribution in [3.05, 3.63) is 71.3 Å². The van der Waals surface area contributed by atoms with Crippen LogP contribution >= 0.6 is 0 Å². The molecule has 1 aliphatic rings. The molecule has 1 amide bonds. The van der Waals surface area contributed by atoms with E-state index in [0.29, 0.717) is 5.56 Å². The zero-order chi connectivity index (χ0) is 16.4. The number of aliphatic carboxylic acids is 1. The fourth-order valence-corrected chi connectivity index (χ4v) is 2.85. The monoisotopic (exact) mass is 309 g/mol. The van der Waals surface area contributed by atoms with Crippen LogP contribution in [0.3, 0.4) is 0 Å². The maximum atomic E-state index is 12.4. The molecule has 2 N–H and O–H groups in total. The van der Waals surface area contributed by atoms with Crippen LogP contribution in [-0.4, -0.2) is 17.0 Å². The first-order valence-electron chi connectivity index (χ1n) is 7.71. The van der Waals surface area contributed by atoms with E-state index in [4.69, 9.17) is 0 Å². The largest absolute Gasteiger partial charge is 0.479 e. The molecule has 3 unspecified atom stereocenters. The van der Waals surface area contributed by atoms with Gasteiger partial charge in [0.25, 0.3) is 0 Å². The first kappa shape index (κ1) is 15.3. The van der Waals surface area contributed by atoms with Crippen LogP contribution in [0.15, 0.2) is 54.6 Å². The maximum absolute atomic E-state index is 12.4. The van der Waals surface area contributed by atoms with Gasteiger partial charge in [0, 0.05) is 5.92 Å². The average molecular weight is 309 g/mol. The molecule has 0 bridgehead atoms. The molecule has 1 aliphatic carbocycles. The van der Waals surface area contributed by atoms with Crippen molar-refractivity contribution in [1.29, 1.82) is 0 Å². The van der Waals surface area contributed by atoms with Crippen molar-refractivity contribution in [2.75, 3.05) is 0 Å². The summed E-state index contributed by atoms with van der Waals surface area (Å²) in [4.78, 5) is 23.8. The van der Waals surface area contributed by atoms with Gasteiger partial charge in [-0.2, -0.15) is 0 Å². The lowest BCUT2D eigenvalue weighted by molar-refractivity contribution is -0.142. The Kier molecular flexibility index (Phi) is 4.15. The van der Waals surface area contributed by atoms with Gasteiger partial charge >= 0.3 is 5.97 Å². The van der Waals surface area contributed by atoms with Crippen molar-refractivity contribution in [2.24, 2.45) is 5.92 Å². The van der Waals surface area contributed by atoms with Crippen LogP contribution in [0.2, 0.25) is 0 Å². The number of carboxylic acid groups (broad SMARTS) is 1. The van der Waals surface area contributed by atoms with E-state index >= 15 is 0 Å². The van der Waals surface area contributed by atoms with Crippen molar-refractivity contribution in [1.82, 2.24) is 5.32 Å². The SMILES string of the molecule is Cc1ccc(C2CC2C(=O)NC(C(=O)O)c2ccccc2)cc1. The summed E-state index contributed by atoms with van der Waals surface area (Å²) in [7, 11) is 0. The van der Waals surface area contributed by atoms with Gasteiger partial charge in [-0.05, 0) is 30.4 Å². The van der Waals surface area contributed by atoms with Crippen LogP contribution < -0.4 is 5.32 Å². The molecule has 1 saturated carbocycles. The summed E-state index contributed by atoms with van der Waals surface area (Å²) >= 11 is 0. The third-order valence-corrected chi connectivity index (χ3v) is 4.30. The van der Waals surface area contributed by atoms with Crippen LogP contribution in [0, 0.1) is 12.8 Å². The van der Waals surface area contributed by atoms with Gasteiger partial charge in [-0.3, -0.25) is 4.79 Å². The zero-order valence-electron chi connectivity index (χ0n) is 12.9. The molecule has 1 fully saturated rings. The standard InChI is InChI=1S/C19H19NO3/c1-12-7-9-13(10-8-12)15-11-16(15)18(21)20-17(19(22)23)14-5-3-2-4-6-14/h2-10,15-17H,11H2,1H3,(H,20,21)(H,22,23). The molecule has 2 aromatic carbocycles. The van der Waals surface area contributed by atoms with Crippen molar-refractivity contribution >= 4 is 11.9 Å². The normalized spacial score (nSPS) is 20.6. The average Bonchev–Trinajstić information content (AvgIpc) is 3.34. The lowest BCUT2D eigenvalue weighted by Crippen LogP contribution is -2.34. The highest BCUT2D eigenvalue weighted by molar-refractivity contribution is 5.88. The highest BCUT2D eigenvalue weighted by atomic mass is 16.4. The van der Waals surface area contributed by atoms with E-state index in [9.17, 15) is 14.7 Å². The second-order valence-corrected chi connectivity index (χ2v) is 6.05. The Hall–Kier alpha value is -2.62. The Bertz CT molecular complexity index is 709. The lowest BCUT2D eigenvalue weighted by Gasteiger charge is -2.15. The van der Waals surface area contributed by atoms with Gasteiger partial charge < -0.3 is 10.4 Å². The van der Waals surface area contributed by atoms with Crippen molar-refractivity contribution in [3.63, 3.8) is 0 Å². The smallest absolute Gasteiger partial charge is 0.330 e. The fourth-order valence-electron chi connectivity index (χ4n) is 2.85. The molecule has 0 aromatic heterocycles. The van der Waals surface area contributed by atoms with E-state index in [0.717, 1.165) is 12.0 Å². The molecule has 0 radical (unpaired) electrons. The summed E-state index contributed by atoms with van der Waals surface area (Å²) in [5.41, 5.74) is 2.91. The molecule has 23 heavy (non-hydrogen) atoms.